The molecule has 1 fully saturated rings. The maximum absolute atomic E-state index is 13.5. The molecule has 6 heteroatoms. The minimum atomic E-state index is -0.593. The van der Waals surface area contributed by atoms with Gasteiger partial charge in [0.15, 0.2) is 5.78 Å². The van der Waals surface area contributed by atoms with Crippen molar-refractivity contribution in [3.63, 3.8) is 0 Å². The van der Waals surface area contributed by atoms with Crippen molar-refractivity contribution < 1.29 is 14.4 Å². The van der Waals surface area contributed by atoms with Crippen LogP contribution in [0, 0.1) is 6.92 Å². The highest BCUT2D eigenvalue weighted by molar-refractivity contribution is 6.16. The van der Waals surface area contributed by atoms with Gasteiger partial charge in [-0.25, -0.2) is 4.79 Å². The molecule has 1 saturated carbocycles. The van der Waals surface area contributed by atoms with Crippen molar-refractivity contribution >= 4 is 39.3 Å². The average molecular weight is 552 g/mol. The van der Waals surface area contributed by atoms with Gasteiger partial charge in [0, 0.05) is 39.5 Å². The first kappa shape index (κ1) is 28.7. The number of fused-ring (bicyclic) bond motifs is 3. The molecule has 0 aliphatic heterocycles. The van der Waals surface area contributed by atoms with Crippen LogP contribution in [0.3, 0.4) is 0 Å². The first-order chi connectivity index (χ1) is 19.8. The molecule has 1 aliphatic carbocycles. The van der Waals surface area contributed by atoms with E-state index < -0.39 is 5.54 Å². The zero-order valence-electron chi connectivity index (χ0n) is 25.0. The number of nitrogens with zero attached hydrogens (tertiary/aromatic N) is 3. The standard InChI is InChI=1S/C35H41N3O3/c1-6-37(7-2)35(20-12-9-13-21-35)34(40)41-36-25(5)26-16-18-31-29(22-26)30-23-27(17-19-32(30)38(31)8-3)33(39)28-15-11-10-14-24(28)4/h10-11,14-19,22-23H,6-9,12-13,20-21H2,1-5H3/b36-25+. The van der Waals surface area contributed by atoms with E-state index >= 15 is 0 Å². The third kappa shape index (κ3) is 5.21. The highest BCUT2D eigenvalue weighted by Crippen LogP contribution is 2.35. The van der Waals surface area contributed by atoms with Crippen molar-refractivity contribution in [3.05, 3.63) is 82.9 Å². The molecule has 41 heavy (non-hydrogen) atoms. The van der Waals surface area contributed by atoms with E-state index in [-0.39, 0.29) is 11.8 Å². The van der Waals surface area contributed by atoms with E-state index in [1.54, 1.807) is 0 Å². The van der Waals surface area contributed by atoms with Crippen molar-refractivity contribution in [1.29, 1.82) is 0 Å². The van der Waals surface area contributed by atoms with Crippen LogP contribution in [0.2, 0.25) is 0 Å². The summed E-state index contributed by atoms with van der Waals surface area (Å²) in [4.78, 5) is 34.8. The zero-order chi connectivity index (χ0) is 29.1. The van der Waals surface area contributed by atoms with E-state index in [4.69, 9.17) is 4.84 Å². The van der Waals surface area contributed by atoms with Gasteiger partial charge in [0.25, 0.3) is 0 Å². The summed E-state index contributed by atoms with van der Waals surface area (Å²) in [6.45, 7) is 12.6. The molecule has 3 aromatic carbocycles. The second kappa shape index (κ2) is 12.0. The second-order valence-electron chi connectivity index (χ2n) is 11.2. The number of ketones is 1. The minimum Gasteiger partial charge on any atom is -0.341 e. The third-order valence-corrected chi connectivity index (χ3v) is 8.95. The van der Waals surface area contributed by atoms with Crippen LogP contribution in [-0.4, -0.2) is 45.6 Å². The van der Waals surface area contributed by atoms with Gasteiger partial charge in [0.1, 0.15) is 5.54 Å². The molecule has 1 aromatic heterocycles. The Balaban J connectivity index is 1.50. The summed E-state index contributed by atoms with van der Waals surface area (Å²) in [5.74, 6) is -0.226. The Morgan fingerprint density at radius 2 is 1.49 bits per heavy atom. The second-order valence-corrected chi connectivity index (χ2v) is 11.2. The Labute approximate surface area is 243 Å². The lowest BCUT2D eigenvalue weighted by Gasteiger charge is -2.42. The van der Waals surface area contributed by atoms with Crippen molar-refractivity contribution in [2.24, 2.45) is 5.16 Å². The van der Waals surface area contributed by atoms with Gasteiger partial charge < -0.3 is 9.40 Å². The summed E-state index contributed by atoms with van der Waals surface area (Å²) in [6.07, 6.45) is 4.84. The van der Waals surface area contributed by atoms with E-state index in [1.807, 2.05) is 62.4 Å². The van der Waals surface area contributed by atoms with Crippen LogP contribution in [0.25, 0.3) is 21.8 Å². The van der Waals surface area contributed by atoms with Crippen molar-refractivity contribution in [3.8, 4) is 0 Å². The summed E-state index contributed by atoms with van der Waals surface area (Å²) in [5.41, 5.74) is 5.47. The Kier molecular flexibility index (Phi) is 8.41. The molecule has 0 N–H and O–H groups in total. The molecular formula is C35H41N3O3. The van der Waals surface area contributed by atoms with E-state index in [0.29, 0.717) is 11.3 Å². The van der Waals surface area contributed by atoms with Crippen molar-refractivity contribution in [1.82, 2.24) is 9.47 Å². The van der Waals surface area contributed by atoms with Crippen molar-refractivity contribution in [2.45, 2.75) is 78.8 Å². The van der Waals surface area contributed by atoms with Gasteiger partial charge in [0.2, 0.25) is 0 Å². The molecule has 6 nitrogen and oxygen atoms in total. The summed E-state index contributed by atoms with van der Waals surface area (Å²) in [6, 6.07) is 19.9. The SMILES string of the molecule is CCN(CC)C1(C(=O)O/N=C(\C)c2ccc3c(c2)c2cc(C(=O)c4ccccc4C)ccc2n3CC)CCCCC1. The Hall–Kier alpha value is -3.77. The van der Waals surface area contributed by atoms with Crippen LogP contribution in [0.5, 0.6) is 0 Å². The largest absolute Gasteiger partial charge is 0.355 e. The first-order valence-corrected chi connectivity index (χ1v) is 15.0. The summed E-state index contributed by atoms with van der Waals surface area (Å²) < 4.78 is 2.26. The van der Waals surface area contributed by atoms with Crippen LogP contribution in [0.1, 0.15) is 86.8 Å². The van der Waals surface area contributed by atoms with E-state index in [0.717, 1.165) is 90.2 Å². The molecule has 0 amide bonds. The number of aromatic nitrogens is 1. The maximum Gasteiger partial charge on any atom is 0.355 e. The van der Waals surface area contributed by atoms with Gasteiger partial charge in [-0.05, 0) is 88.2 Å². The van der Waals surface area contributed by atoms with Gasteiger partial charge in [-0.15, -0.1) is 0 Å². The number of rotatable bonds is 9. The molecule has 5 rings (SSSR count). The molecule has 0 spiro atoms. The minimum absolute atomic E-state index is 0.0213. The van der Waals surface area contributed by atoms with Gasteiger partial charge in [-0.3, -0.25) is 9.69 Å². The Bertz CT molecular complexity index is 1620. The smallest absolute Gasteiger partial charge is 0.341 e. The number of hydrogen-bond acceptors (Lipinski definition) is 5. The van der Waals surface area contributed by atoms with E-state index in [9.17, 15) is 9.59 Å². The highest BCUT2D eigenvalue weighted by Gasteiger charge is 2.45. The molecule has 0 bridgehead atoms. The average Bonchev–Trinajstić information content (AvgIpc) is 3.32. The predicted molar refractivity (Wildman–Crippen MR) is 167 cm³/mol. The number of benzene rings is 3. The first-order valence-electron chi connectivity index (χ1n) is 15.0. The number of hydrogen-bond donors (Lipinski definition) is 0. The highest BCUT2D eigenvalue weighted by atomic mass is 16.7. The summed E-state index contributed by atoms with van der Waals surface area (Å²) >= 11 is 0. The lowest BCUT2D eigenvalue weighted by Crippen LogP contribution is -2.56. The van der Waals surface area contributed by atoms with Gasteiger partial charge in [-0.2, -0.15) is 0 Å². The quantitative estimate of drug-likeness (QED) is 0.0927. The zero-order valence-corrected chi connectivity index (χ0v) is 25.0. The van der Waals surface area contributed by atoms with Crippen LogP contribution in [-0.2, 0) is 16.2 Å². The van der Waals surface area contributed by atoms with Gasteiger partial charge in [0.05, 0.1) is 5.71 Å². The van der Waals surface area contributed by atoms with Crippen LogP contribution in [0.4, 0.5) is 0 Å². The van der Waals surface area contributed by atoms with Crippen LogP contribution in [0.15, 0.2) is 65.8 Å². The number of likely N-dealkylation sites (N-methyl/N-ethyl adjacent to an activating group) is 1. The lowest BCUT2D eigenvalue weighted by molar-refractivity contribution is -0.161. The Morgan fingerprint density at radius 3 is 2.10 bits per heavy atom. The molecular weight excluding hydrogens is 510 g/mol. The fourth-order valence-electron chi connectivity index (χ4n) is 6.66. The monoisotopic (exact) mass is 551 g/mol. The Morgan fingerprint density at radius 1 is 0.878 bits per heavy atom. The molecule has 0 atom stereocenters. The number of oxime groups is 1. The molecule has 214 valence electrons. The third-order valence-electron chi connectivity index (χ3n) is 8.95. The predicted octanol–water partition coefficient (Wildman–Crippen LogP) is 7.67. The maximum atomic E-state index is 13.5. The fourth-order valence-corrected chi connectivity index (χ4v) is 6.66. The van der Waals surface area contributed by atoms with Gasteiger partial charge in [-0.1, -0.05) is 68.6 Å². The molecule has 0 radical (unpaired) electrons. The van der Waals surface area contributed by atoms with Crippen LogP contribution < -0.4 is 0 Å². The summed E-state index contributed by atoms with van der Waals surface area (Å²) in [5, 5.41) is 6.43. The molecule has 0 saturated heterocycles. The molecule has 4 aromatic rings. The van der Waals surface area contributed by atoms with Gasteiger partial charge >= 0.3 is 5.97 Å². The number of carbonyl (C=O) groups is 2. The van der Waals surface area contributed by atoms with E-state index in [1.165, 1.54) is 0 Å². The topological polar surface area (TPSA) is 63.9 Å². The number of carbonyl (C=O) groups excluding carboxylic acids is 2. The normalized spacial score (nSPS) is 15.5. The molecule has 0 unspecified atom stereocenters. The lowest BCUT2D eigenvalue weighted by atomic mass is 9.80. The van der Waals surface area contributed by atoms with Crippen LogP contribution >= 0.6 is 0 Å². The number of aryl methyl sites for hydroxylation is 2. The van der Waals surface area contributed by atoms with E-state index in [2.05, 4.69) is 47.5 Å². The molecule has 1 heterocycles. The molecule has 1 aliphatic rings. The summed E-state index contributed by atoms with van der Waals surface area (Å²) in [7, 11) is 0. The van der Waals surface area contributed by atoms with Crippen molar-refractivity contribution in [2.75, 3.05) is 13.1 Å². The fraction of sp³-hybridized carbons (Fsp3) is 0.400.